The minimum atomic E-state index is -0.00716. The van der Waals surface area contributed by atoms with Gasteiger partial charge < -0.3 is 16.0 Å². The quantitative estimate of drug-likeness (QED) is 0.528. The van der Waals surface area contributed by atoms with Crippen LogP contribution in [0.3, 0.4) is 0 Å². The number of thiophene rings is 1. The minimum absolute atomic E-state index is 0.00716. The Morgan fingerprint density at radius 1 is 1.38 bits per heavy atom. The molecule has 3 aromatic rings. The van der Waals surface area contributed by atoms with Crippen LogP contribution in [0.5, 0.6) is 0 Å². The highest BCUT2D eigenvalue weighted by Gasteiger charge is 2.17. The van der Waals surface area contributed by atoms with Crippen molar-refractivity contribution < 1.29 is 4.79 Å². The summed E-state index contributed by atoms with van der Waals surface area (Å²) in [5.74, 6) is 0.654. The van der Waals surface area contributed by atoms with Crippen molar-refractivity contribution in [2.24, 2.45) is 5.92 Å². The molecule has 1 unspecified atom stereocenters. The van der Waals surface area contributed by atoms with Crippen LogP contribution in [0.15, 0.2) is 30.0 Å². The number of nitrogens with one attached hydrogen (secondary N) is 3. The number of carbonyl (C=O) groups is 1. The fourth-order valence-corrected chi connectivity index (χ4v) is 4.48. The number of fused-ring (bicyclic) bond motifs is 1. The number of nitrogens with zero attached hydrogens (tertiary/aromatic N) is 3. The van der Waals surface area contributed by atoms with Gasteiger partial charge in [0.05, 0.1) is 29.2 Å². The number of aromatic nitrogens is 3. The van der Waals surface area contributed by atoms with E-state index in [1.165, 1.54) is 17.8 Å². The van der Waals surface area contributed by atoms with Gasteiger partial charge in [0.15, 0.2) is 5.65 Å². The maximum absolute atomic E-state index is 12.5. The Labute approximate surface area is 174 Å². The summed E-state index contributed by atoms with van der Waals surface area (Å²) in [6, 6.07) is 2.15. The lowest BCUT2D eigenvalue weighted by Crippen LogP contribution is -2.33. The number of amides is 1. The van der Waals surface area contributed by atoms with Crippen molar-refractivity contribution in [3.05, 3.63) is 34.9 Å². The standard InChI is InChI=1S/C21H28N6OS/c1-3-16(4-2)26-21(28)19-7-15(13-29-19)18-11-25-27-12-17(10-24-20(18)27)23-9-14-5-6-22-8-14/h7,10-14,16,22-23H,3-6,8-9H2,1-2H3,(H,26,28). The lowest BCUT2D eigenvalue weighted by Gasteiger charge is -2.13. The summed E-state index contributed by atoms with van der Waals surface area (Å²) < 4.78 is 1.80. The van der Waals surface area contributed by atoms with Crippen molar-refractivity contribution in [2.75, 3.05) is 25.0 Å². The Hall–Kier alpha value is -2.45. The van der Waals surface area contributed by atoms with E-state index in [1.54, 1.807) is 4.52 Å². The SMILES string of the molecule is CCC(CC)NC(=O)c1cc(-c2cnn3cc(NCC4CCNC4)cnc23)cs1. The first kappa shape index (κ1) is 19.8. The van der Waals surface area contributed by atoms with Crippen LogP contribution in [0.2, 0.25) is 0 Å². The largest absolute Gasteiger partial charge is 0.382 e. The molecule has 0 bridgehead atoms. The van der Waals surface area contributed by atoms with E-state index >= 15 is 0 Å². The van der Waals surface area contributed by atoms with Crippen LogP contribution in [0.1, 0.15) is 42.8 Å². The molecular weight excluding hydrogens is 384 g/mol. The van der Waals surface area contributed by atoms with Gasteiger partial charge in [-0.15, -0.1) is 11.3 Å². The van der Waals surface area contributed by atoms with Gasteiger partial charge in [-0.3, -0.25) is 4.79 Å². The Kier molecular flexibility index (Phi) is 6.10. The van der Waals surface area contributed by atoms with Crippen LogP contribution < -0.4 is 16.0 Å². The van der Waals surface area contributed by atoms with Gasteiger partial charge in [-0.05, 0) is 55.3 Å². The smallest absolute Gasteiger partial charge is 0.261 e. The predicted molar refractivity (Wildman–Crippen MR) is 118 cm³/mol. The van der Waals surface area contributed by atoms with E-state index in [-0.39, 0.29) is 11.9 Å². The van der Waals surface area contributed by atoms with Crippen molar-refractivity contribution in [1.82, 2.24) is 25.2 Å². The lowest BCUT2D eigenvalue weighted by atomic mass is 10.1. The maximum Gasteiger partial charge on any atom is 0.261 e. The zero-order chi connectivity index (χ0) is 20.2. The Balaban J connectivity index is 1.48. The molecule has 1 amide bonds. The van der Waals surface area contributed by atoms with E-state index in [0.717, 1.165) is 59.8 Å². The molecule has 0 saturated carbocycles. The van der Waals surface area contributed by atoms with Gasteiger partial charge in [-0.2, -0.15) is 5.10 Å². The summed E-state index contributed by atoms with van der Waals surface area (Å²) in [6.45, 7) is 7.29. The molecule has 0 spiro atoms. The monoisotopic (exact) mass is 412 g/mol. The van der Waals surface area contributed by atoms with Crippen LogP contribution in [0, 0.1) is 5.92 Å². The highest BCUT2D eigenvalue weighted by atomic mass is 32.1. The highest BCUT2D eigenvalue weighted by Crippen LogP contribution is 2.29. The first-order valence-corrected chi connectivity index (χ1v) is 11.2. The normalized spacial score (nSPS) is 16.6. The minimum Gasteiger partial charge on any atom is -0.382 e. The number of rotatable bonds is 8. The second-order valence-electron chi connectivity index (χ2n) is 7.60. The molecule has 3 aromatic heterocycles. The predicted octanol–water partition coefficient (Wildman–Crippen LogP) is 3.40. The number of hydrogen-bond acceptors (Lipinski definition) is 6. The Morgan fingerprint density at radius 2 is 2.24 bits per heavy atom. The van der Waals surface area contributed by atoms with Crippen LogP contribution in [-0.4, -0.2) is 46.2 Å². The van der Waals surface area contributed by atoms with Gasteiger partial charge >= 0.3 is 0 Å². The summed E-state index contributed by atoms with van der Waals surface area (Å²) in [5, 5.41) is 16.4. The molecule has 154 valence electrons. The molecular formula is C21H28N6OS. The van der Waals surface area contributed by atoms with E-state index in [4.69, 9.17) is 0 Å². The van der Waals surface area contributed by atoms with E-state index < -0.39 is 0 Å². The zero-order valence-electron chi connectivity index (χ0n) is 16.9. The third kappa shape index (κ3) is 4.43. The van der Waals surface area contributed by atoms with E-state index in [1.807, 2.05) is 30.0 Å². The van der Waals surface area contributed by atoms with Gasteiger partial charge in [0.25, 0.3) is 5.91 Å². The van der Waals surface area contributed by atoms with Crippen molar-refractivity contribution in [2.45, 2.75) is 39.2 Å². The van der Waals surface area contributed by atoms with Gasteiger partial charge in [-0.1, -0.05) is 13.8 Å². The van der Waals surface area contributed by atoms with Gasteiger partial charge in [0, 0.05) is 18.2 Å². The molecule has 0 aliphatic carbocycles. The van der Waals surface area contributed by atoms with Crippen LogP contribution in [-0.2, 0) is 0 Å². The molecule has 8 heteroatoms. The van der Waals surface area contributed by atoms with Crippen molar-refractivity contribution in [3.63, 3.8) is 0 Å². The lowest BCUT2D eigenvalue weighted by molar-refractivity contribution is 0.0939. The fourth-order valence-electron chi connectivity index (χ4n) is 3.67. The number of hydrogen-bond donors (Lipinski definition) is 3. The number of carbonyl (C=O) groups excluding carboxylic acids is 1. The maximum atomic E-state index is 12.5. The Bertz CT molecular complexity index is 971. The molecule has 1 aliphatic rings. The summed E-state index contributed by atoms with van der Waals surface area (Å²) in [5.41, 5.74) is 3.68. The molecule has 0 radical (unpaired) electrons. The zero-order valence-corrected chi connectivity index (χ0v) is 17.8. The highest BCUT2D eigenvalue weighted by molar-refractivity contribution is 7.12. The molecule has 1 fully saturated rings. The molecule has 29 heavy (non-hydrogen) atoms. The summed E-state index contributed by atoms with van der Waals surface area (Å²) >= 11 is 1.46. The molecule has 1 aliphatic heterocycles. The molecule has 7 nitrogen and oxygen atoms in total. The van der Waals surface area contributed by atoms with Crippen LogP contribution >= 0.6 is 11.3 Å². The second kappa shape index (κ2) is 8.92. The third-order valence-electron chi connectivity index (χ3n) is 5.57. The molecule has 1 atom stereocenters. The average molecular weight is 413 g/mol. The van der Waals surface area contributed by atoms with Crippen molar-refractivity contribution >= 4 is 28.6 Å². The summed E-state index contributed by atoms with van der Waals surface area (Å²) in [4.78, 5) is 17.8. The van der Waals surface area contributed by atoms with Gasteiger partial charge in [-0.25, -0.2) is 9.50 Å². The van der Waals surface area contributed by atoms with Crippen LogP contribution in [0.4, 0.5) is 5.69 Å². The Morgan fingerprint density at radius 3 is 3.00 bits per heavy atom. The fraction of sp³-hybridized carbons (Fsp3) is 0.476. The van der Waals surface area contributed by atoms with E-state index in [9.17, 15) is 4.79 Å². The van der Waals surface area contributed by atoms with E-state index in [0.29, 0.717) is 5.92 Å². The first-order chi connectivity index (χ1) is 14.2. The third-order valence-corrected chi connectivity index (χ3v) is 6.50. The average Bonchev–Trinajstić information content (AvgIpc) is 3.50. The first-order valence-electron chi connectivity index (χ1n) is 10.4. The van der Waals surface area contributed by atoms with Gasteiger partial charge in [0.1, 0.15) is 0 Å². The van der Waals surface area contributed by atoms with Crippen LogP contribution in [0.25, 0.3) is 16.8 Å². The topological polar surface area (TPSA) is 83.4 Å². The number of anilines is 1. The summed E-state index contributed by atoms with van der Waals surface area (Å²) in [7, 11) is 0. The van der Waals surface area contributed by atoms with Gasteiger partial charge in [0.2, 0.25) is 0 Å². The second-order valence-corrected chi connectivity index (χ2v) is 8.51. The molecule has 0 aromatic carbocycles. The molecule has 3 N–H and O–H groups in total. The molecule has 4 rings (SSSR count). The van der Waals surface area contributed by atoms with Crippen molar-refractivity contribution in [1.29, 1.82) is 0 Å². The molecule has 4 heterocycles. The van der Waals surface area contributed by atoms with Crippen molar-refractivity contribution in [3.8, 4) is 11.1 Å². The van der Waals surface area contributed by atoms with E-state index in [2.05, 4.69) is 39.9 Å². The molecule has 1 saturated heterocycles. The summed E-state index contributed by atoms with van der Waals surface area (Å²) in [6.07, 6.45) is 8.73.